The van der Waals surface area contributed by atoms with E-state index in [1.54, 1.807) is 26.8 Å². The van der Waals surface area contributed by atoms with Crippen molar-refractivity contribution in [2.45, 2.75) is 32.1 Å². The summed E-state index contributed by atoms with van der Waals surface area (Å²) in [7, 11) is -3.16. The second-order valence-electron chi connectivity index (χ2n) is 5.24. The number of halogens is 1. The molecule has 0 spiro atoms. The molecule has 0 heterocycles. The van der Waals surface area contributed by atoms with Gasteiger partial charge in [-0.2, -0.15) is 0 Å². The summed E-state index contributed by atoms with van der Waals surface area (Å²) in [5.41, 5.74) is 6.48. The van der Waals surface area contributed by atoms with Crippen LogP contribution in [0.3, 0.4) is 0 Å². The quantitative estimate of drug-likeness (QED) is 0.886. The van der Waals surface area contributed by atoms with E-state index >= 15 is 0 Å². The molecule has 19 heavy (non-hydrogen) atoms. The van der Waals surface area contributed by atoms with Gasteiger partial charge in [-0.25, -0.2) is 8.42 Å². The van der Waals surface area contributed by atoms with Crippen molar-refractivity contribution in [3.8, 4) is 5.75 Å². The Kier molecular flexibility index (Phi) is 5.41. The van der Waals surface area contributed by atoms with Crippen molar-refractivity contribution >= 4 is 25.8 Å². The Morgan fingerprint density at radius 3 is 2.47 bits per heavy atom. The van der Waals surface area contributed by atoms with E-state index in [0.717, 1.165) is 10.0 Å². The van der Waals surface area contributed by atoms with Gasteiger partial charge in [-0.05, 0) is 39.0 Å². The highest BCUT2D eigenvalue weighted by Crippen LogP contribution is 2.23. The molecule has 0 unspecified atom stereocenters. The highest BCUT2D eigenvalue weighted by Gasteiger charge is 2.28. The minimum atomic E-state index is -3.16. The van der Waals surface area contributed by atoms with Crippen LogP contribution in [0.4, 0.5) is 0 Å². The number of nitrogens with two attached hydrogens (primary N) is 1. The SMILES string of the molecule is CC(C)(C)S(=O)(=O)CCOc1ccc(Br)cc1CN. The van der Waals surface area contributed by atoms with Gasteiger partial charge in [0.2, 0.25) is 0 Å². The molecule has 0 saturated heterocycles. The van der Waals surface area contributed by atoms with Gasteiger partial charge in [0.15, 0.2) is 9.84 Å². The monoisotopic (exact) mass is 349 g/mol. The fraction of sp³-hybridized carbons (Fsp3) is 0.538. The van der Waals surface area contributed by atoms with Crippen LogP contribution in [0, 0.1) is 0 Å². The third-order valence-corrected chi connectivity index (χ3v) is 5.85. The van der Waals surface area contributed by atoms with E-state index in [2.05, 4.69) is 15.9 Å². The van der Waals surface area contributed by atoms with E-state index in [9.17, 15) is 8.42 Å². The Labute approximate surface area is 123 Å². The Balaban J connectivity index is 2.69. The number of rotatable bonds is 5. The van der Waals surface area contributed by atoms with Crippen molar-refractivity contribution in [3.05, 3.63) is 28.2 Å². The predicted octanol–water partition coefficient (Wildman–Crippen LogP) is 2.50. The molecule has 0 aliphatic carbocycles. The van der Waals surface area contributed by atoms with Crippen molar-refractivity contribution in [2.75, 3.05) is 12.4 Å². The Hall–Kier alpha value is -0.590. The highest BCUT2D eigenvalue weighted by molar-refractivity contribution is 9.10. The van der Waals surface area contributed by atoms with E-state index in [4.69, 9.17) is 10.5 Å². The lowest BCUT2D eigenvalue weighted by Crippen LogP contribution is -2.32. The Morgan fingerprint density at radius 1 is 1.32 bits per heavy atom. The molecule has 6 heteroatoms. The molecule has 0 fully saturated rings. The topological polar surface area (TPSA) is 69.4 Å². The molecule has 108 valence electrons. The van der Waals surface area contributed by atoms with Crippen LogP contribution in [0.15, 0.2) is 22.7 Å². The van der Waals surface area contributed by atoms with E-state index in [-0.39, 0.29) is 12.4 Å². The Morgan fingerprint density at radius 2 is 1.95 bits per heavy atom. The van der Waals surface area contributed by atoms with Gasteiger partial charge < -0.3 is 10.5 Å². The van der Waals surface area contributed by atoms with Crippen LogP contribution in [0.2, 0.25) is 0 Å². The largest absolute Gasteiger partial charge is 0.492 e. The molecule has 1 aromatic carbocycles. The van der Waals surface area contributed by atoms with E-state index < -0.39 is 14.6 Å². The minimum absolute atomic E-state index is 0.00340. The molecule has 0 atom stereocenters. The molecular weight excluding hydrogens is 330 g/mol. The fourth-order valence-corrected chi connectivity index (χ4v) is 2.74. The van der Waals surface area contributed by atoms with Crippen molar-refractivity contribution in [3.63, 3.8) is 0 Å². The van der Waals surface area contributed by atoms with Gasteiger partial charge in [-0.15, -0.1) is 0 Å². The van der Waals surface area contributed by atoms with E-state index in [1.807, 2.05) is 12.1 Å². The molecule has 0 aromatic heterocycles. The van der Waals surface area contributed by atoms with Crippen LogP contribution in [0.5, 0.6) is 5.75 Å². The van der Waals surface area contributed by atoms with Gasteiger partial charge in [-0.3, -0.25) is 0 Å². The van der Waals surface area contributed by atoms with Crippen molar-refractivity contribution in [1.82, 2.24) is 0 Å². The first-order valence-corrected chi connectivity index (χ1v) is 8.45. The first-order chi connectivity index (χ1) is 8.67. The lowest BCUT2D eigenvalue weighted by Gasteiger charge is -2.19. The Bertz CT molecular complexity index is 535. The van der Waals surface area contributed by atoms with Crippen LogP contribution in [0.25, 0.3) is 0 Å². The van der Waals surface area contributed by atoms with E-state index in [1.165, 1.54) is 0 Å². The van der Waals surface area contributed by atoms with Gasteiger partial charge in [0.25, 0.3) is 0 Å². The molecule has 0 amide bonds. The van der Waals surface area contributed by atoms with Gasteiger partial charge in [-0.1, -0.05) is 15.9 Å². The maximum Gasteiger partial charge on any atom is 0.158 e. The van der Waals surface area contributed by atoms with Crippen molar-refractivity contribution in [2.24, 2.45) is 5.73 Å². The van der Waals surface area contributed by atoms with Gasteiger partial charge in [0.05, 0.1) is 10.5 Å². The molecule has 1 aromatic rings. The highest BCUT2D eigenvalue weighted by atomic mass is 79.9. The molecule has 0 bridgehead atoms. The molecule has 0 aliphatic rings. The minimum Gasteiger partial charge on any atom is -0.492 e. The average molecular weight is 350 g/mol. The van der Waals surface area contributed by atoms with Gasteiger partial charge in [0, 0.05) is 16.6 Å². The standard InChI is InChI=1S/C13H20BrNO3S/c1-13(2,3)19(16,17)7-6-18-12-5-4-11(14)8-10(12)9-15/h4-5,8H,6-7,9,15H2,1-3H3. The maximum absolute atomic E-state index is 11.9. The molecule has 2 N–H and O–H groups in total. The molecule has 0 saturated carbocycles. The zero-order chi connectivity index (χ0) is 14.7. The van der Waals surface area contributed by atoms with Crippen LogP contribution >= 0.6 is 15.9 Å². The molecule has 4 nitrogen and oxygen atoms in total. The maximum atomic E-state index is 11.9. The van der Waals surface area contributed by atoms with E-state index in [0.29, 0.717) is 12.3 Å². The first kappa shape index (κ1) is 16.5. The number of sulfone groups is 1. The van der Waals surface area contributed by atoms with Crippen molar-refractivity contribution in [1.29, 1.82) is 0 Å². The molecular formula is C13H20BrNO3S. The third-order valence-electron chi connectivity index (χ3n) is 2.79. The van der Waals surface area contributed by atoms with Crippen LogP contribution in [-0.2, 0) is 16.4 Å². The lowest BCUT2D eigenvalue weighted by molar-refractivity contribution is 0.336. The summed E-state index contributed by atoms with van der Waals surface area (Å²) in [5.74, 6) is 0.631. The molecule has 0 aliphatic heterocycles. The lowest BCUT2D eigenvalue weighted by atomic mass is 10.2. The zero-order valence-electron chi connectivity index (χ0n) is 11.4. The first-order valence-electron chi connectivity index (χ1n) is 6.01. The number of hydrogen-bond donors (Lipinski definition) is 1. The van der Waals surface area contributed by atoms with Crippen molar-refractivity contribution < 1.29 is 13.2 Å². The predicted molar refractivity (Wildman–Crippen MR) is 81.1 cm³/mol. The summed E-state index contributed by atoms with van der Waals surface area (Å²) in [5, 5.41) is 0. The van der Waals surface area contributed by atoms with Crippen LogP contribution in [0.1, 0.15) is 26.3 Å². The van der Waals surface area contributed by atoms with Crippen LogP contribution < -0.4 is 10.5 Å². The summed E-state index contributed by atoms with van der Waals surface area (Å²) < 4.78 is 29.6. The van der Waals surface area contributed by atoms with Gasteiger partial charge in [0.1, 0.15) is 12.4 Å². The summed E-state index contributed by atoms with van der Waals surface area (Å²) >= 11 is 3.36. The summed E-state index contributed by atoms with van der Waals surface area (Å²) in [4.78, 5) is 0. The van der Waals surface area contributed by atoms with Gasteiger partial charge >= 0.3 is 0 Å². The number of benzene rings is 1. The fourth-order valence-electron chi connectivity index (χ4n) is 1.42. The smallest absolute Gasteiger partial charge is 0.158 e. The summed E-state index contributed by atoms with van der Waals surface area (Å²) in [6, 6.07) is 5.50. The zero-order valence-corrected chi connectivity index (χ0v) is 13.8. The molecule has 1 rings (SSSR count). The number of hydrogen-bond acceptors (Lipinski definition) is 4. The number of ether oxygens (including phenoxy) is 1. The average Bonchev–Trinajstić information content (AvgIpc) is 2.29. The third kappa shape index (κ3) is 4.47. The normalized spacial score (nSPS) is 12.5. The summed E-state index contributed by atoms with van der Waals surface area (Å²) in [6.07, 6.45) is 0. The second-order valence-corrected chi connectivity index (χ2v) is 9.01. The second kappa shape index (κ2) is 6.24. The summed E-state index contributed by atoms with van der Waals surface area (Å²) in [6.45, 7) is 5.54. The molecule has 0 radical (unpaired) electrons. The van der Waals surface area contributed by atoms with Crippen LogP contribution in [-0.4, -0.2) is 25.5 Å².